The second-order valence-corrected chi connectivity index (χ2v) is 6.78. The van der Waals surface area contributed by atoms with Crippen molar-refractivity contribution < 1.29 is 0 Å². The van der Waals surface area contributed by atoms with E-state index in [1.54, 1.807) is 22.7 Å². The Morgan fingerprint density at radius 1 is 1.23 bits per heavy atom. The summed E-state index contributed by atoms with van der Waals surface area (Å²) in [6.45, 7) is 2.36. The van der Waals surface area contributed by atoms with Gasteiger partial charge in [0.25, 0.3) is 5.56 Å². The third-order valence-electron chi connectivity index (χ3n) is 3.54. The molecule has 0 aromatic carbocycles. The van der Waals surface area contributed by atoms with Gasteiger partial charge >= 0.3 is 0 Å². The Morgan fingerprint density at radius 2 is 2.09 bits per heavy atom. The van der Waals surface area contributed by atoms with Gasteiger partial charge in [0.1, 0.15) is 0 Å². The van der Waals surface area contributed by atoms with Crippen molar-refractivity contribution >= 4 is 37.9 Å². The first-order valence-corrected chi connectivity index (χ1v) is 8.43. The van der Waals surface area contributed by atoms with Gasteiger partial charge in [-0.1, -0.05) is 0 Å². The summed E-state index contributed by atoms with van der Waals surface area (Å²) < 4.78 is 4.29. The van der Waals surface area contributed by atoms with Gasteiger partial charge < -0.3 is 4.57 Å². The molecule has 0 spiro atoms. The fourth-order valence-corrected chi connectivity index (χ4v) is 4.23. The second kappa shape index (κ2) is 4.89. The van der Waals surface area contributed by atoms with E-state index in [1.165, 1.54) is 22.7 Å². The summed E-state index contributed by atoms with van der Waals surface area (Å²) in [4.78, 5) is 29.3. The van der Waals surface area contributed by atoms with Crippen LogP contribution in [0.15, 0.2) is 44.7 Å². The summed E-state index contributed by atoms with van der Waals surface area (Å²) in [5, 5.41) is 3.82. The number of pyridine rings is 1. The SMILES string of the molecule is Cc1csc2nc(Cn3ccc(=O)c4sccc43)cc(=O)n12. The van der Waals surface area contributed by atoms with Crippen LogP contribution in [0.2, 0.25) is 0 Å². The van der Waals surface area contributed by atoms with Crippen LogP contribution in [0.25, 0.3) is 15.2 Å². The van der Waals surface area contributed by atoms with E-state index in [1.807, 2.05) is 28.3 Å². The van der Waals surface area contributed by atoms with Crippen LogP contribution < -0.4 is 11.0 Å². The van der Waals surface area contributed by atoms with Gasteiger partial charge in [0.05, 0.1) is 22.5 Å². The van der Waals surface area contributed by atoms with Gasteiger partial charge in [0.15, 0.2) is 10.4 Å². The summed E-state index contributed by atoms with van der Waals surface area (Å²) in [6, 6.07) is 5.03. The largest absolute Gasteiger partial charge is 0.341 e. The minimum absolute atomic E-state index is 0.0265. The molecule has 0 aliphatic heterocycles. The van der Waals surface area contributed by atoms with Crippen LogP contribution in [0.5, 0.6) is 0 Å². The molecule has 22 heavy (non-hydrogen) atoms. The van der Waals surface area contributed by atoms with E-state index >= 15 is 0 Å². The van der Waals surface area contributed by atoms with Crippen LogP contribution in [-0.2, 0) is 6.54 Å². The highest BCUT2D eigenvalue weighted by molar-refractivity contribution is 7.17. The van der Waals surface area contributed by atoms with E-state index in [0.29, 0.717) is 17.2 Å². The third kappa shape index (κ3) is 2.01. The highest BCUT2D eigenvalue weighted by Crippen LogP contribution is 2.18. The number of nitrogens with zero attached hydrogens (tertiary/aromatic N) is 3. The zero-order chi connectivity index (χ0) is 15.3. The van der Waals surface area contributed by atoms with E-state index < -0.39 is 0 Å². The zero-order valence-corrected chi connectivity index (χ0v) is 13.3. The van der Waals surface area contributed by atoms with Gasteiger partial charge in [-0.15, -0.1) is 22.7 Å². The van der Waals surface area contributed by atoms with Crippen molar-refractivity contribution in [3.63, 3.8) is 0 Å². The highest BCUT2D eigenvalue weighted by Gasteiger charge is 2.09. The lowest BCUT2D eigenvalue weighted by Gasteiger charge is -2.08. The van der Waals surface area contributed by atoms with Gasteiger partial charge in [-0.05, 0) is 18.4 Å². The predicted octanol–water partition coefficient (Wildman–Crippen LogP) is 2.49. The van der Waals surface area contributed by atoms with Crippen molar-refractivity contribution in [3.05, 3.63) is 67.1 Å². The molecule has 4 rings (SSSR count). The van der Waals surface area contributed by atoms with Gasteiger partial charge in [-0.2, -0.15) is 0 Å². The van der Waals surface area contributed by atoms with E-state index in [4.69, 9.17) is 0 Å². The summed E-state index contributed by atoms with van der Waals surface area (Å²) in [5.74, 6) is 0. The first kappa shape index (κ1) is 13.4. The average molecular weight is 329 g/mol. The summed E-state index contributed by atoms with van der Waals surface area (Å²) in [6.07, 6.45) is 1.75. The number of fused-ring (bicyclic) bond motifs is 2. The molecule has 0 atom stereocenters. The van der Waals surface area contributed by atoms with Crippen molar-refractivity contribution in [1.82, 2.24) is 14.0 Å². The van der Waals surface area contributed by atoms with Crippen LogP contribution in [0.3, 0.4) is 0 Å². The van der Waals surface area contributed by atoms with E-state index in [-0.39, 0.29) is 11.0 Å². The Labute approximate surface area is 132 Å². The predicted molar refractivity (Wildman–Crippen MR) is 89.3 cm³/mol. The van der Waals surface area contributed by atoms with Crippen molar-refractivity contribution in [2.75, 3.05) is 0 Å². The lowest BCUT2D eigenvalue weighted by atomic mass is 10.3. The maximum Gasteiger partial charge on any atom is 0.259 e. The first-order chi connectivity index (χ1) is 10.6. The number of aryl methyl sites for hydroxylation is 1. The Bertz CT molecular complexity index is 1120. The number of hydrogen-bond donors (Lipinski definition) is 0. The standard InChI is InChI=1S/C15H11N3O2S2/c1-9-8-22-15-16-10(6-13(20)18(9)15)7-17-4-2-12(19)14-11(17)3-5-21-14/h2-6,8H,7H2,1H3. The Hall–Kier alpha value is -2.25. The molecule has 0 saturated heterocycles. The van der Waals surface area contributed by atoms with E-state index in [0.717, 1.165) is 15.9 Å². The molecule has 0 bridgehead atoms. The van der Waals surface area contributed by atoms with Gasteiger partial charge in [0.2, 0.25) is 0 Å². The lowest BCUT2D eigenvalue weighted by molar-refractivity contribution is 0.793. The lowest BCUT2D eigenvalue weighted by Crippen LogP contribution is -2.17. The number of hydrogen-bond acceptors (Lipinski definition) is 5. The summed E-state index contributed by atoms with van der Waals surface area (Å²) >= 11 is 2.89. The van der Waals surface area contributed by atoms with Crippen LogP contribution in [-0.4, -0.2) is 14.0 Å². The number of thiophene rings is 1. The van der Waals surface area contributed by atoms with Gasteiger partial charge in [0, 0.05) is 29.4 Å². The first-order valence-electron chi connectivity index (χ1n) is 6.67. The van der Waals surface area contributed by atoms with Crippen molar-refractivity contribution in [1.29, 1.82) is 0 Å². The molecular formula is C15H11N3O2S2. The topological polar surface area (TPSA) is 56.4 Å². The molecule has 0 radical (unpaired) electrons. The van der Waals surface area contributed by atoms with Crippen molar-refractivity contribution in [3.8, 4) is 0 Å². The average Bonchev–Trinajstić information content (AvgIpc) is 3.10. The molecule has 0 fully saturated rings. The monoisotopic (exact) mass is 329 g/mol. The maximum atomic E-state index is 12.2. The van der Waals surface area contributed by atoms with Crippen LogP contribution in [0.4, 0.5) is 0 Å². The minimum atomic E-state index is -0.0682. The van der Waals surface area contributed by atoms with Crippen molar-refractivity contribution in [2.45, 2.75) is 13.5 Å². The fourth-order valence-electron chi connectivity index (χ4n) is 2.52. The zero-order valence-electron chi connectivity index (χ0n) is 11.6. The Kier molecular flexibility index (Phi) is 2.98. The molecule has 0 saturated carbocycles. The molecule has 4 aromatic heterocycles. The smallest absolute Gasteiger partial charge is 0.259 e. The molecule has 0 amide bonds. The third-order valence-corrected chi connectivity index (χ3v) is 5.41. The van der Waals surface area contributed by atoms with Crippen LogP contribution >= 0.6 is 22.7 Å². The molecule has 0 unspecified atom stereocenters. The molecule has 110 valence electrons. The molecule has 0 N–H and O–H groups in total. The molecular weight excluding hydrogens is 318 g/mol. The summed E-state index contributed by atoms with van der Waals surface area (Å²) in [5.41, 5.74) is 2.43. The molecule has 0 aliphatic rings. The fraction of sp³-hybridized carbons (Fsp3) is 0.133. The maximum absolute atomic E-state index is 12.2. The Morgan fingerprint density at radius 3 is 2.95 bits per heavy atom. The molecule has 4 aromatic rings. The molecule has 0 aliphatic carbocycles. The van der Waals surface area contributed by atoms with Crippen molar-refractivity contribution in [2.24, 2.45) is 0 Å². The molecule has 7 heteroatoms. The highest BCUT2D eigenvalue weighted by atomic mass is 32.1. The number of aromatic nitrogens is 3. The number of thiazole rings is 1. The van der Waals surface area contributed by atoms with Gasteiger partial charge in [-0.3, -0.25) is 14.0 Å². The normalized spacial score (nSPS) is 11.5. The summed E-state index contributed by atoms with van der Waals surface area (Å²) in [7, 11) is 0. The second-order valence-electron chi connectivity index (χ2n) is 5.02. The minimum Gasteiger partial charge on any atom is -0.341 e. The number of rotatable bonds is 2. The van der Waals surface area contributed by atoms with Gasteiger partial charge in [-0.25, -0.2) is 4.98 Å². The molecule has 5 nitrogen and oxygen atoms in total. The van der Waals surface area contributed by atoms with Crippen LogP contribution in [0.1, 0.15) is 11.4 Å². The quantitative estimate of drug-likeness (QED) is 0.568. The van der Waals surface area contributed by atoms with E-state index in [2.05, 4.69) is 4.98 Å². The Balaban J connectivity index is 1.86. The molecule has 4 heterocycles. The van der Waals surface area contributed by atoms with Crippen LogP contribution in [0, 0.1) is 6.92 Å². The van der Waals surface area contributed by atoms with E-state index in [9.17, 15) is 9.59 Å².